The number of halogens is 6. The number of rotatable bonds is 3. The Morgan fingerprint density at radius 2 is 1.55 bits per heavy atom. The van der Waals surface area contributed by atoms with Gasteiger partial charge in [0.2, 0.25) is 5.82 Å². The number of carbonyl (C=O) groups excluding carboxylic acids is 1. The normalized spacial score (nSPS) is 15.1. The van der Waals surface area contributed by atoms with Gasteiger partial charge in [-0.3, -0.25) is 4.79 Å². The molecule has 0 unspecified atom stereocenters. The molecule has 174 valence electrons. The van der Waals surface area contributed by atoms with E-state index in [0.717, 1.165) is 6.07 Å². The van der Waals surface area contributed by atoms with Crippen LogP contribution in [0.15, 0.2) is 48.7 Å². The van der Waals surface area contributed by atoms with E-state index in [1.165, 1.54) is 34.2 Å². The van der Waals surface area contributed by atoms with Crippen LogP contribution in [0.3, 0.4) is 0 Å². The van der Waals surface area contributed by atoms with Gasteiger partial charge in [0, 0.05) is 37.9 Å². The van der Waals surface area contributed by atoms with Crippen LogP contribution in [0.1, 0.15) is 21.9 Å². The molecule has 12 heteroatoms. The van der Waals surface area contributed by atoms with Gasteiger partial charge in [0.1, 0.15) is 17.2 Å². The number of aromatic amines is 1. The lowest BCUT2D eigenvalue weighted by Crippen LogP contribution is -2.49. The molecule has 4 rings (SSSR count). The molecule has 1 aliphatic heterocycles. The maximum Gasteiger partial charge on any atom is 0.449 e. The number of nitrogens with one attached hydrogen (secondary N) is 1. The van der Waals surface area contributed by atoms with Crippen molar-refractivity contribution in [3.05, 3.63) is 65.7 Å². The zero-order valence-electron chi connectivity index (χ0n) is 16.9. The van der Waals surface area contributed by atoms with Crippen LogP contribution in [0.5, 0.6) is 0 Å². The number of nitrogens with zero attached hydrogens (tertiary/aromatic N) is 4. The molecule has 1 aromatic carbocycles. The Balaban J connectivity index is 1.57. The highest BCUT2D eigenvalue weighted by Crippen LogP contribution is 2.36. The molecule has 2 aromatic heterocycles. The summed E-state index contributed by atoms with van der Waals surface area (Å²) in [5.74, 6) is -2.26. The molecular formula is C21H17F6N5O. The minimum atomic E-state index is -4.78. The quantitative estimate of drug-likeness (QED) is 0.575. The maximum absolute atomic E-state index is 13.3. The predicted molar refractivity (Wildman–Crippen MR) is 106 cm³/mol. The van der Waals surface area contributed by atoms with Crippen molar-refractivity contribution < 1.29 is 31.1 Å². The molecule has 1 aliphatic rings. The van der Waals surface area contributed by atoms with E-state index in [-0.39, 0.29) is 43.4 Å². The van der Waals surface area contributed by atoms with E-state index in [0.29, 0.717) is 5.56 Å². The summed E-state index contributed by atoms with van der Waals surface area (Å²) in [4.78, 5) is 25.3. The fourth-order valence-electron chi connectivity index (χ4n) is 3.62. The second-order valence-electron chi connectivity index (χ2n) is 7.32. The van der Waals surface area contributed by atoms with Crippen LogP contribution in [0.2, 0.25) is 0 Å². The van der Waals surface area contributed by atoms with Gasteiger partial charge in [-0.25, -0.2) is 9.97 Å². The van der Waals surface area contributed by atoms with Gasteiger partial charge in [-0.15, -0.1) is 0 Å². The number of piperazine rings is 1. The van der Waals surface area contributed by atoms with Crippen molar-refractivity contribution in [3.63, 3.8) is 0 Å². The fourth-order valence-corrected chi connectivity index (χ4v) is 3.62. The van der Waals surface area contributed by atoms with Crippen molar-refractivity contribution in [2.24, 2.45) is 0 Å². The molecule has 1 N–H and O–H groups in total. The summed E-state index contributed by atoms with van der Waals surface area (Å²) >= 11 is 0. The monoisotopic (exact) mass is 469 g/mol. The van der Waals surface area contributed by atoms with Gasteiger partial charge in [-0.05, 0) is 12.1 Å². The second kappa shape index (κ2) is 8.41. The summed E-state index contributed by atoms with van der Waals surface area (Å²) in [6.07, 6.45) is -8.13. The van der Waals surface area contributed by atoms with Crippen molar-refractivity contribution in [1.82, 2.24) is 19.9 Å². The van der Waals surface area contributed by atoms with E-state index >= 15 is 0 Å². The number of H-pyrrole nitrogens is 1. The molecule has 1 fully saturated rings. The Hall–Kier alpha value is -3.57. The van der Waals surface area contributed by atoms with E-state index in [1.54, 1.807) is 18.2 Å². The highest BCUT2D eigenvalue weighted by molar-refractivity contribution is 5.98. The van der Waals surface area contributed by atoms with Gasteiger partial charge in [0.05, 0.1) is 5.56 Å². The van der Waals surface area contributed by atoms with Crippen LogP contribution in [0.25, 0.3) is 11.3 Å². The maximum atomic E-state index is 13.3. The third kappa shape index (κ3) is 4.64. The minimum Gasteiger partial charge on any atom is -0.353 e. The number of alkyl halides is 6. The molecule has 0 radical (unpaired) electrons. The second-order valence-corrected chi connectivity index (χ2v) is 7.32. The predicted octanol–water partition coefficient (Wildman–Crippen LogP) is 4.47. The fraction of sp³-hybridized carbons (Fsp3) is 0.286. The van der Waals surface area contributed by atoms with E-state index in [2.05, 4.69) is 15.0 Å². The van der Waals surface area contributed by atoms with Gasteiger partial charge in [0.15, 0.2) is 0 Å². The number of aromatic nitrogens is 3. The Bertz CT molecular complexity index is 1130. The Morgan fingerprint density at radius 1 is 0.879 bits per heavy atom. The largest absolute Gasteiger partial charge is 0.449 e. The first-order valence-corrected chi connectivity index (χ1v) is 9.85. The number of anilines is 1. The van der Waals surface area contributed by atoms with Crippen LogP contribution < -0.4 is 4.90 Å². The van der Waals surface area contributed by atoms with Gasteiger partial charge in [0.25, 0.3) is 5.91 Å². The Labute approximate surface area is 183 Å². The average Bonchev–Trinajstić information content (AvgIpc) is 3.25. The van der Waals surface area contributed by atoms with E-state index in [9.17, 15) is 31.1 Å². The zero-order valence-corrected chi connectivity index (χ0v) is 16.9. The molecule has 0 aliphatic carbocycles. The Morgan fingerprint density at radius 3 is 2.15 bits per heavy atom. The summed E-state index contributed by atoms with van der Waals surface area (Å²) in [7, 11) is 0. The molecule has 33 heavy (non-hydrogen) atoms. The lowest BCUT2D eigenvalue weighted by atomic mass is 10.1. The smallest absolute Gasteiger partial charge is 0.353 e. The van der Waals surface area contributed by atoms with Crippen LogP contribution in [0, 0.1) is 0 Å². The number of imidazole rings is 1. The number of carbonyl (C=O) groups is 1. The topological polar surface area (TPSA) is 65.1 Å². The van der Waals surface area contributed by atoms with Crippen LogP contribution in [-0.4, -0.2) is 51.9 Å². The molecule has 0 saturated carbocycles. The molecular weight excluding hydrogens is 452 g/mol. The third-order valence-corrected chi connectivity index (χ3v) is 5.19. The van der Waals surface area contributed by atoms with Gasteiger partial charge < -0.3 is 14.8 Å². The number of amides is 1. The third-order valence-electron chi connectivity index (χ3n) is 5.19. The van der Waals surface area contributed by atoms with Crippen molar-refractivity contribution in [1.29, 1.82) is 0 Å². The first-order chi connectivity index (χ1) is 15.6. The molecule has 6 nitrogen and oxygen atoms in total. The Kier molecular flexibility index (Phi) is 5.76. The highest BCUT2D eigenvalue weighted by Gasteiger charge is 2.39. The molecule has 0 bridgehead atoms. The molecule has 1 amide bonds. The SMILES string of the molecule is O=C(c1[nH]c(C(F)(F)F)nc1-c1ccccc1)N1CCN(c2ncccc2C(F)(F)F)CC1. The van der Waals surface area contributed by atoms with Gasteiger partial charge in [-0.1, -0.05) is 30.3 Å². The van der Waals surface area contributed by atoms with Gasteiger partial charge >= 0.3 is 12.4 Å². The molecule has 0 atom stereocenters. The summed E-state index contributed by atoms with van der Waals surface area (Å²) in [5.41, 5.74) is -1.02. The van der Waals surface area contributed by atoms with E-state index in [4.69, 9.17) is 0 Å². The highest BCUT2D eigenvalue weighted by atomic mass is 19.4. The van der Waals surface area contributed by atoms with Crippen LogP contribution >= 0.6 is 0 Å². The van der Waals surface area contributed by atoms with Crippen molar-refractivity contribution in [3.8, 4) is 11.3 Å². The number of benzene rings is 1. The first-order valence-electron chi connectivity index (χ1n) is 9.85. The lowest BCUT2D eigenvalue weighted by molar-refractivity contribution is -0.144. The van der Waals surface area contributed by atoms with Crippen molar-refractivity contribution in [2.45, 2.75) is 12.4 Å². The average molecular weight is 469 g/mol. The first kappa shape index (κ1) is 22.6. The number of hydrogen-bond donors (Lipinski definition) is 1. The summed E-state index contributed by atoms with van der Waals surface area (Å²) < 4.78 is 79.7. The molecule has 3 heterocycles. The summed E-state index contributed by atoms with van der Waals surface area (Å²) in [6, 6.07) is 10.1. The molecule has 1 saturated heterocycles. The van der Waals surface area contributed by atoms with Crippen LogP contribution in [-0.2, 0) is 12.4 Å². The number of pyridine rings is 1. The summed E-state index contributed by atoms with van der Waals surface area (Å²) in [5, 5.41) is 0. The van der Waals surface area contributed by atoms with E-state index in [1.807, 2.05) is 0 Å². The molecule has 0 spiro atoms. The lowest BCUT2D eigenvalue weighted by Gasteiger charge is -2.36. The minimum absolute atomic E-state index is 0.00130. The van der Waals surface area contributed by atoms with Crippen LogP contribution in [0.4, 0.5) is 32.2 Å². The summed E-state index contributed by atoms with van der Waals surface area (Å²) in [6.45, 7) is 0.0716. The molecule has 3 aromatic rings. The van der Waals surface area contributed by atoms with E-state index < -0.39 is 29.6 Å². The van der Waals surface area contributed by atoms with Crippen molar-refractivity contribution in [2.75, 3.05) is 31.1 Å². The zero-order chi connectivity index (χ0) is 23.8. The van der Waals surface area contributed by atoms with Gasteiger partial charge in [-0.2, -0.15) is 26.3 Å². The number of hydrogen-bond acceptors (Lipinski definition) is 4. The van der Waals surface area contributed by atoms with Crippen molar-refractivity contribution >= 4 is 11.7 Å². The standard InChI is InChI=1S/C21H17F6N5O/c22-20(23,24)14-7-4-8-28-17(14)31-9-11-32(12-10-31)18(33)16-15(13-5-2-1-3-6-13)29-19(30-16)21(25,26)27/h1-8H,9-12H2,(H,29,30).